The van der Waals surface area contributed by atoms with Crippen LogP contribution in [0.4, 0.5) is 5.82 Å². The van der Waals surface area contributed by atoms with Crippen LogP contribution in [0.1, 0.15) is 19.3 Å². The standard InChI is InChI=1S/C11H16N6O/c12-8-2-1-7(3-8)5-13-9-4-10-15-16-11(18)17(10)6-14-9/h4,6-8,13H,1-3,5,12H2,(H,16,18). The highest BCUT2D eigenvalue weighted by Crippen LogP contribution is 2.24. The first kappa shape index (κ1) is 11.2. The van der Waals surface area contributed by atoms with Gasteiger partial charge in [0.2, 0.25) is 0 Å². The van der Waals surface area contributed by atoms with Crippen molar-refractivity contribution < 1.29 is 0 Å². The van der Waals surface area contributed by atoms with Gasteiger partial charge in [-0.1, -0.05) is 0 Å². The van der Waals surface area contributed by atoms with Crippen LogP contribution in [0.2, 0.25) is 0 Å². The molecule has 0 aliphatic heterocycles. The number of aromatic amines is 1. The van der Waals surface area contributed by atoms with Crippen LogP contribution in [0.15, 0.2) is 17.2 Å². The molecule has 2 unspecified atom stereocenters. The van der Waals surface area contributed by atoms with Crippen LogP contribution in [0, 0.1) is 5.92 Å². The van der Waals surface area contributed by atoms with Crippen molar-refractivity contribution in [1.29, 1.82) is 0 Å². The third kappa shape index (κ3) is 2.08. The molecule has 18 heavy (non-hydrogen) atoms. The van der Waals surface area contributed by atoms with Gasteiger partial charge in [-0.15, -0.1) is 0 Å². The second-order valence-electron chi connectivity index (χ2n) is 4.85. The number of nitrogens with one attached hydrogen (secondary N) is 2. The highest BCUT2D eigenvalue weighted by atomic mass is 16.1. The van der Waals surface area contributed by atoms with Gasteiger partial charge in [0.1, 0.15) is 12.1 Å². The lowest BCUT2D eigenvalue weighted by molar-refractivity contribution is 0.565. The first-order chi connectivity index (χ1) is 8.72. The summed E-state index contributed by atoms with van der Waals surface area (Å²) in [5.41, 5.74) is 6.17. The molecule has 96 valence electrons. The van der Waals surface area contributed by atoms with Crippen molar-refractivity contribution in [3.63, 3.8) is 0 Å². The summed E-state index contributed by atoms with van der Waals surface area (Å²) in [4.78, 5) is 15.4. The monoisotopic (exact) mass is 248 g/mol. The molecular weight excluding hydrogens is 232 g/mol. The Labute approximate surface area is 103 Å². The quantitative estimate of drug-likeness (QED) is 0.707. The molecule has 0 aromatic carbocycles. The number of anilines is 1. The fourth-order valence-corrected chi connectivity index (χ4v) is 2.45. The second-order valence-corrected chi connectivity index (χ2v) is 4.85. The van der Waals surface area contributed by atoms with Crippen molar-refractivity contribution in [2.24, 2.45) is 11.7 Å². The average Bonchev–Trinajstić information content (AvgIpc) is 2.94. The molecule has 3 rings (SSSR count). The number of hydrogen-bond acceptors (Lipinski definition) is 5. The molecule has 0 saturated heterocycles. The van der Waals surface area contributed by atoms with Crippen LogP contribution < -0.4 is 16.7 Å². The van der Waals surface area contributed by atoms with E-state index in [1.165, 1.54) is 10.7 Å². The molecule has 1 aliphatic rings. The molecule has 7 nitrogen and oxygen atoms in total. The molecule has 2 atom stereocenters. The van der Waals surface area contributed by atoms with E-state index in [0.29, 0.717) is 17.6 Å². The van der Waals surface area contributed by atoms with Gasteiger partial charge in [0.05, 0.1) is 0 Å². The Morgan fingerprint density at radius 3 is 3.22 bits per heavy atom. The van der Waals surface area contributed by atoms with Crippen molar-refractivity contribution in [2.75, 3.05) is 11.9 Å². The summed E-state index contributed by atoms with van der Waals surface area (Å²) >= 11 is 0. The Morgan fingerprint density at radius 1 is 1.56 bits per heavy atom. The lowest BCUT2D eigenvalue weighted by Gasteiger charge is -2.11. The number of nitrogens with zero attached hydrogens (tertiary/aromatic N) is 3. The Hall–Kier alpha value is -1.89. The molecular formula is C11H16N6O. The lowest BCUT2D eigenvalue weighted by atomic mass is 10.1. The topological polar surface area (TPSA) is 101 Å². The molecule has 0 radical (unpaired) electrons. The van der Waals surface area contributed by atoms with E-state index in [1.807, 2.05) is 0 Å². The van der Waals surface area contributed by atoms with Crippen LogP contribution in [0.25, 0.3) is 5.65 Å². The van der Waals surface area contributed by atoms with Crippen LogP contribution in [-0.2, 0) is 0 Å². The minimum absolute atomic E-state index is 0.272. The maximum absolute atomic E-state index is 11.3. The van der Waals surface area contributed by atoms with Crippen molar-refractivity contribution >= 4 is 11.5 Å². The zero-order valence-corrected chi connectivity index (χ0v) is 9.97. The molecule has 0 spiro atoms. The summed E-state index contributed by atoms with van der Waals surface area (Å²) in [7, 11) is 0. The first-order valence-corrected chi connectivity index (χ1v) is 6.14. The lowest BCUT2D eigenvalue weighted by Crippen LogP contribution is -2.18. The van der Waals surface area contributed by atoms with Crippen LogP contribution >= 0.6 is 0 Å². The summed E-state index contributed by atoms with van der Waals surface area (Å²) in [6.45, 7) is 0.867. The predicted molar refractivity (Wildman–Crippen MR) is 67.4 cm³/mol. The predicted octanol–water partition coefficient (Wildman–Crippen LogP) is -0.0431. The molecule has 1 aliphatic carbocycles. The Kier molecular flexibility index (Phi) is 2.75. The summed E-state index contributed by atoms with van der Waals surface area (Å²) in [6.07, 6.45) is 4.81. The van der Waals surface area contributed by atoms with Crippen LogP contribution in [0.5, 0.6) is 0 Å². The number of aromatic nitrogens is 4. The molecule has 7 heteroatoms. The SMILES string of the molecule is NC1CCC(CNc2cc3n[nH]c(=O)n3cn2)C1. The first-order valence-electron chi connectivity index (χ1n) is 6.14. The fraction of sp³-hybridized carbons (Fsp3) is 0.545. The Morgan fingerprint density at radius 2 is 2.44 bits per heavy atom. The molecule has 2 heterocycles. The maximum Gasteiger partial charge on any atom is 0.348 e. The zero-order valence-electron chi connectivity index (χ0n) is 9.97. The number of hydrogen-bond donors (Lipinski definition) is 3. The van der Waals surface area contributed by atoms with Gasteiger partial charge in [0, 0.05) is 18.7 Å². The van der Waals surface area contributed by atoms with Gasteiger partial charge in [-0.3, -0.25) is 0 Å². The minimum atomic E-state index is -0.272. The number of H-pyrrole nitrogens is 1. The van der Waals surface area contributed by atoms with Crippen molar-refractivity contribution in [1.82, 2.24) is 19.6 Å². The maximum atomic E-state index is 11.3. The van der Waals surface area contributed by atoms with E-state index in [-0.39, 0.29) is 5.69 Å². The van der Waals surface area contributed by atoms with E-state index in [0.717, 1.165) is 31.6 Å². The van der Waals surface area contributed by atoms with Gasteiger partial charge in [-0.05, 0) is 25.2 Å². The van der Waals surface area contributed by atoms with E-state index < -0.39 is 0 Å². The second kappa shape index (κ2) is 4.41. The van der Waals surface area contributed by atoms with Crippen LogP contribution in [0.3, 0.4) is 0 Å². The Balaban J connectivity index is 1.69. The van der Waals surface area contributed by atoms with Gasteiger partial charge in [0.15, 0.2) is 5.65 Å². The number of nitrogens with two attached hydrogens (primary N) is 1. The number of fused-ring (bicyclic) bond motifs is 1. The van der Waals surface area contributed by atoms with Gasteiger partial charge >= 0.3 is 5.69 Å². The van der Waals surface area contributed by atoms with E-state index in [1.54, 1.807) is 6.07 Å². The molecule has 1 fully saturated rings. The van der Waals surface area contributed by atoms with E-state index in [4.69, 9.17) is 5.73 Å². The summed E-state index contributed by atoms with van der Waals surface area (Å²) < 4.78 is 1.37. The molecule has 0 bridgehead atoms. The van der Waals surface area contributed by atoms with E-state index in [2.05, 4.69) is 20.5 Å². The van der Waals surface area contributed by atoms with Crippen molar-refractivity contribution in [3.05, 3.63) is 22.9 Å². The van der Waals surface area contributed by atoms with Crippen molar-refractivity contribution in [3.8, 4) is 0 Å². The molecule has 1 saturated carbocycles. The summed E-state index contributed by atoms with van der Waals surface area (Å²) in [5, 5.41) is 9.55. The van der Waals surface area contributed by atoms with Crippen molar-refractivity contribution in [2.45, 2.75) is 25.3 Å². The summed E-state index contributed by atoms with van der Waals surface area (Å²) in [5.74, 6) is 1.35. The fourth-order valence-electron chi connectivity index (χ4n) is 2.45. The highest BCUT2D eigenvalue weighted by molar-refractivity contribution is 5.48. The van der Waals surface area contributed by atoms with Gasteiger partial charge in [0.25, 0.3) is 0 Å². The van der Waals surface area contributed by atoms with E-state index in [9.17, 15) is 4.79 Å². The normalized spacial score (nSPS) is 23.6. The highest BCUT2D eigenvalue weighted by Gasteiger charge is 2.21. The zero-order chi connectivity index (χ0) is 12.5. The number of rotatable bonds is 3. The average molecular weight is 248 g/mol. The molecule has 4 N–H and O–H groups in total. The van der Waals surface area contributed by atoms with Gasteiger partial charge < -0.3 is 11.1 Å². The van der Waals surface area contributed by atoms with Gasteiger partial charge in [-0.25, -0.2) is 19.3 Å². The largest absolute Gasteiger partial charge is 0.370 e. The summed E-state index contributed by atoms with van der Waals surface area (Å²) in [6, 6.07) is 2.10. The third-order valence-electron chi connectivity index (χ3n) is 3.46. The van der Waals surface area contributed by atoms with Crippen LogP contribution in [-0.4, -0.2) is 32.2 Å². The molecule has 2 aromatic heterocycles. The Bertz CT molecular complexity index is 603. The van der Waals surface area contributed by atoms with E-state index >= 15 is 0 Å². The minimum Gasteiger partial charge on any atom is -0.370 e. The third-order valence-corrected chi connectivity index (χ3v) is 3.46. The molecule has 2 aromatic rings. The smallest absolute Gasteiger partial charge is 0.348 e. The molecule has 0 amide bonds. The van der Waals surface area contributed by atoms with Gasteiger partial charge in [-0.2, -0.15) is 5.10 Å².